The molecule has 1 rings (SSSR count). The second kappa shape index (κ2) is 5.48. The smallest absolute Gasteiger partial charge is 0.311 e. The predicted octanol–water partition coefficient (Wildman–Crippen LogP) is 0.0235. The van der Waals surface area contributed by atoms with E-state index < -0.39 is 21.9 Å². The van der Waals surface area contributed by atoms with E-state index in [4.69, 9.17) is 9.94 Å². The number of hydrogen-bond donors (Lipinski definition) is 2. The van der Waals surface area contributed by atoms with Crippen molar-refractivity contribution < 1.29 is 23.2 Å². The molecule has 7 nitrogen and oxygen atoms in total. The van der Waals surface area contributed by atoms with Gasteiger partial charge in [0.2, 0.25) is 10.0 Å². The fourth-order valence-corrected chi connectivity index (χ4v) is 2.44. The summed E-state index contributed by atoms with van der Waals surface area (Å²) in [4.78, 5) is 15.9. The molecule has 0 radical (unpaired) electrons. The van der Waals surface area contributed by atoms with Gasteiger partial charge < -0.3 is 5.11 Å². The van der Waals surface area contributed by atoms with E-state index in [-0.39, 0.29) is 17.8 Å². The van der Waals surface area contributed by atoms with Crippen LogP contribution < -0.4 is 5.48 Å². The Morgan fingerprint density at radius 3 is 2.53 bits per heavy atom. The van der Waals surface area contributed by atoms with Crippen LogP contribution in [0.3, 0.4) is 0 Å². The molecule has 1 atom stereocenters. The predicted molar refractivity (Wildman–Crippen MR) is 69.6 cm³/mol. The second-order valence-corrected chi connectivity index (χ2v) is 7.46. The Morgan fingerprint density at radius 1 is 1.53 bits per heavy atom. The van der Waals surface area contributed by atoms with Crippen LogP contribution in [0.15, 0.2) is 11.8 Å². The third-order valence-electron chi connectivity index (χ3n) is 3.24. The Balaban J connectivity index is 2.35. The molecular formula is C11H20N2O5S. The molecule has 110 valence electrons. The van der Waals surface area contributed by atoms with Crippen molar-refractivity contribution in [3.8, 4) is 0 Å². The maximum Gasteiger partial charge on any atom is 0.311 e. The maximum atomic E-state index is 11.4. The Morgan fingerprint density at radius 2 is 2.11 bits per heavy atom. The van der Waals surface area contributed by atoms with Gasteiger partial charge in [0.05, 0.1) is 18.3 Å². The highest BCUT2D eigenvalue weighted by Gasteiger charge is 2.57. The molecule has 2 N–H and O–H groups in total. The van der Waals surface area contributed by atoms with Gasteiger partial charge in [-0.05, 0) is 5.57 Å². The summed E-state index contributed by atoms with van der Waals surface area (Å²) in [5.41, 5.74) is 2.85. The highest BCUT2D eigenvalue weighted by Crippen LogP contribution is 2.57. The van der Waals surface area contributed by atoms with Crippen molar-refractivity contribution in [3.05, 3.63) is 11.8 Å². The van der Waals surface area contributed by atoms with Crippen LogP contribution in [0.2, 0.25) is 0 Å². The Hall–Kier alpha value is -1.12. The standard InChI is InChI=1S/C11H20N2O5S/c1-11(2)8(9(11)10(14)15)7-12-18-5-6-19(16,17)13(3)4/h7,9,12H,5-6H2,1-4H3,(H,14,15). The van der Waals surface area contributed by atoms with Crippen LogP contribution in [-0.4, -0.2) is 50.3 Å². The van der Waals surface area contributed by atoms with Gasteiger partial charge in [0, 0.05) is 25.7 Å². The molecule has 1 saturated carbocycles. The summed E-state index contributed by atoms with van der Waals surface area (Å²) in [6.07, 6.45) is 1.49. The summed E-state index contributed by atoms with van der Waals surface area (Å²) in [5.74, 6) is -1.51. The van der Waals surface area contributed by atoms with Crippen molar-refractivity contribution in [1.29, 1.82) is 0 Å². The number of rotatable bonds is 7. The summed E-state index contributed by atoms with van der Waals surface area (Å²) >= 11 is 0. The van der Waals surface area contributed by atoms with Gasteiger partial charge in [-0.1, -0.05) is 13.8 Å². The van der Waals surface area contributed by atoms with Crippen LogP contribution in [0.4, 0.5) is 0 Å². The zero-order valence-corrected chi connectivity index (χ0v) is 12.3. The molecule has 1 aliphatic carbocycles. The van der Waals surface area contributed by atoms with Crippen molar-refractivity contribution in [2.75, 3.05) is 26.5 Å². The van der Waals surface area contributed by atoms with Crippen LogP contribution >= 0.6 is 0 Å². The van der Waals surface area contributed by atoms with Crippen LogP contribution in [-0.2, 0) is 19.7 Å². The Bertz CT molecular complexity index is 481. The minimum Gasteiger partial charge on any atom is -0.481 e. The molecule has 0 aliphatic heterocycles. The fourth-order valence-electron chi connectivity index (χ4n) is 1.79. The number of carboxylic acids is 1. The number of hydrogen-bond acceptors (Lipinski definition) is 5. The third kappa shape index (κ3) is 3.68. The van der Waals surface area contributed by atoms with Gasteiger partial charge in [-0.2, -0.15) is 0 Å². The molecule has 19 heavy (non-hydrogen) atoms. The average Bonchev–Trinajstić information content (AvgIpc) is 2.79. The van der Waals surface area contributed by atoms with Crippen molar-refractivity contribution in [2.45, 2.75) is 13.8 Å². The van der Waals surface area contributed by atoms with E-state index in [1.165, 1.54) is 20.3 Å². The lowest BCUT2D eigenvalue weighted by molar-refractivity contribution is -0.139. The number of carbonyl (C=O) groups is 1. The zero-order chi connectivity index (χ0) is 14.8. The maximum absolute atomic E-state index is 11.4. The van der Waals surface area contributed by atoms with Gasteiger partial charge >= 0.3 is 5.97 Å². The van der Waals surface area contributed by atoms with E-state index in [0.29, 0.717) is 0 Å². The van der Waals surface area contributed by atoms with E-state index in [9.17, 15) is 13.2 Å². The largest absolute Gasteiger partial charge is 0.481 e. The quantitative estimate of drug-likeness (QED) is 0.507. The molecule has 1 fully saturated rings. The monoisotopic (exact) mass is 292 g/mol. The highest BCUT2D eigenvalue weighted by molar-refractivity contribution is 7.89. The number of aliphatic carboxylic acids is 1. The lowest BCUT2D eigenvalue weighted by atomic mass is 10.1. The number of carboxylic acid groups (broad SMARTS) is 1. The summed E-state index contributed by atoms with van der Waals surface area (Å²) in [6, 6.07) is 0. The molecule has 1 unspecified atom stereocenters. The molecule has 0 aromatic heterocycles. The first kappa shape index (κ1) is 15.9. The number of sulfonamides is 1. The number of hydroxylamine groups is 1. The summed E-state index contributed by atoms with van der Waals surface area (Å²) in [6.45, 7) is 3.65. The number of nitrogens with zero attached hydrogens (tertiary/aromatic N) is 1. The molecule has 0 aromatic carbocycles. The van der Waals surface area contributed by atoms with E-state index in [0.717, 1.165) is 9.88 Å². The molecule has 0 saturated heterocycles. The Labute approximate surface area is 113 Å². The van der Waals surface area contributed by atoms with Gasteiger partial charge in [0.15, 0.2) is 0 Å². The molecule has 1 aliphatic rings. The Kier molecular flexibility index (Phi) is 4.59. The lowest BCUT2D eigenvalue weighted by Crippen LogP contribution is -2.28. The lowest BCUT2D eigenvalue weighted by Gasteiger charge is -2.10. The molecule has 0 spiro atoms. The van der Waals surface area contributed by atoms with E-state index in [1.807, 2.05) is 13.8 Å². The molecule has 0 bridgehead atoms. The van der Waals surface area contributed by atoms with Crippen LogP contribution in [0, 0.1) is 11.3 Å². The normalized spacial score (nSPS) is 23.6. The first-order valence-corrected chi connectivity index (χ1v) is 7.42. The van der Waals surface area contributed by atoms with E-state index in [1.54, 1.807) is 0 Å². The molecular weight excluding hydrogens is 272 g/mol. The van der Waals surface area contributed by atoms with E-state index in [2.05, 4.69) is 5.48 Å². The van der Waals surface area contributed by atoms with Crippen LogP contribution in [0.5, 0.6) is 0 Å². The minimum atomic E-state index is -3.28. The van der Waals surface area contributed by atoms with Gasteiger partial charge in [-0.25, -0.2) is 12.7 Å². The first-order chi connectivity index (χ1) is 8.60. The van der Waals surface area contributed by atoms with Gasteiger partial charge in [0.25, 0.3) is 0 Å². The zero-order valence-electron chi connectivity index (χ0n) is 11.5. The van der Waals surface area contributed by atoms with Crippen molar-refractivity contribution in [1.82, 2.24) is 9.79 Å². The topological polar surface area (TPSA) is 95.9 Å². The molecule has 0 amide bonds. The van der Waals surface area contributed by atoms with Crippen molar-refractivity contribution in [3.63, 3.8) is 0 Å². The number of nitrogens with one attached hydrogen (secondary N) is 1. The minimum absolute atomic E-state index is 0.0114. The summed E-state index contributed by atoms with van der Waals surface area (Å²) in [5, 5.41) is 8.94. The summed E-state index contributed by atoms with van der Waals surface area (Å²) in [7, 11) is -0.370. The average molecular weight is 292 g/mol. The second-order valence-electron chi connectivity index (χ2n) is 5.16. The van der Waals surface area contributed by atoms with Crippen LogP contribution in [0.1, 0.15) is 13.8 Å². The van der Waals surface area contributed by atoms with Crippen LogP contribution in [0.25, 0.3) is 0 Å². The first-order valence-electron chi connectivity index (χ1n) is 5.81. The SMILES string of the molecule is CN(C)S(=O)(=O)CCONC=C1C(C(=O)O)C1(C)C. The van der Waals surface area contributed by atoms with Gasteiger partial charge in [-0.15, -0.1) is 0 Å². The molecule has 0 aromatic rings. The molecule has 0 heterocycles. The highest BCUT2D eigenvalue weighted by atomic mass is 32.2. The summed E-state index contributed by atoms with van der Waals surface area (Å²) < 4.78 is 23.9. The van der Waals surface area contributed by atoms with E-state index >= 15 is 0 Å². The van der Waals surface area contributed by atoms with Crippen molar-refractivity contribution in [2.24, 2.45) is 11.3 Å². The van der Waals surface area contributed by atoms with Crippen molar-refractivity contribution >= 4 is 16.0 Å². The van der Waals surface area contributed by atoms with Gasteiger partial charge in [0.1, 0.15) is 0 Å². The fraction of sp³-hybridized carbons (Fsp3) is 0.727. The van der Waals surface area contributed by atoms with Gasteiger partial charge in [-0.3, -0.25) is 15.1 Å². The third-order valence-corrected chi connectivity index (χ3v) is 5.03. The molecule has 8 heteroatoms.